The van der Waals surface area contributed by atoms with Gasteiger partial charge in [0.05, 0.1) is 11.4 Å². The maximum absolute atomic E-state index is 10.5. The van der Waals surface area contributed by atoms with Crippen molar-refractivity contribution in [1.29, 1.82) is 0 Å². The van der Waals surface area contributed by atoms with Crippen LogP contribution in [0.15, 0.2) is 30.5 Å². The molecule has 3 N–H and O–H groups in total. The molecule has 0 aliphatic rings. The third kappa shape index (κ3) is 5.67. The summed E-state index contributed by atoms with van der Waals surface area (Å²) < 4.78 is 0. The van der Waals surface area contributed by atoms with Crippen LogP contribution in [0.3, 0.4) is 0 Å². The molecule has 1 aromatic heterocycles. The number of hydrogen-bond acceptors (Lipinski definition) is 4. The van der Waals surface area contributed by atoms with Gasteiger partial charge in [-0.3, -0.25) is 4.79 Å². The first kappa shape index (κ1) is 18.5. The Labute approximate surface area is 151 Å². The van der Waals surface area contributed by atoms with Gasteiger partial charge in [0.25, 0.3) is 0 Å². The molecule has 128 valence electrons. The Morgan fingerprint density at radius 3 is 2.71 bits per heavy atom. The highest BCUT2D eigenvalue weighted by Gasteiger charge is 2.05. The number of pyridine rings is 1. The molecule has 2 aromatic rings. The van der Waals surface area contributed by atoms with E-state index in [4.69, 9.17) is 28.3 Å². The lowest BCUT2D eigenvalue weighted by Crippen LogP contribution is -2.18. The lowest BCUT2D eigenvalue weighted by molar-refractivity contribution is -0.136. The van der Waals surface area contributed by atoms with E-state index in [1.165, 1.54) is 0 Å². The summed E-state index contributed by atoms with van der Waals surface area (Å²) in [4.78, 5) is 14.8. The maximum atomic E-state index is 10.5. The van der Waals surface area contributed by atoms with Crippen LogP contribution in [0.4, 0.5) is 5.82 Å². The second-order valence-electron chi connectivity index (χ2n) is 5.42. The number of nitrogens with one attached hydrogen (secondary N) is 2. The summed E-state index contributed by atoms with van der Waals surface area (Å²) in [6.45, 7) is 3.47. The Bertz CT molecular complexity index is 723. The van der Waals surface area contributed by atoms with Crippen LogP contribution in [0.1, 0.15) is 23.1 Å². The van der Waals surface area contributed by atoms with Crippen LogP contribution in [-0.4, -0.2) is 22.6 Å². The predicted octanol–water partition coefficient (Wildman–Crippen LogP) is 3.87. The summed E-state index contributed by atoms with van der Waals surface area (Å²) in [5, 5.41) is 16.2. The molecule has 0 unspecified atom stereocenters. The number of hydrogen-bond donors (Lipinski definition) is 3. The van der Waals surface area contributed by atoms with Gasteiger partial charge in [0, 0.05) is 30.9 Å². The zero-order valence-corrected chi connectivity index (χ0v) is 14.8. The molecule has 0 fully saturated rings. The normalized spacial score (nSPS) is 10.6. The highest BCUT2D eigenvalue weighted by molar-refractivity contribution is 6.31. The molecule has 0 amide bonds. The minimum Gasteiger partial charge on any atom is -0.481 e. The molecule has 1 heterocycles. The average molecular weight is 368 g/mol. The topological polar surface area (TPSA) is 74.2 Å². The summed E-state index contributed by atoms with van der Waals surface area (Å²) in [6, 6.07) is 7.73. The van der Waals surface area contributed by atoms with E-state index in [1.807, 2.05) is 31.2 Å². The SMILES string of the molecule is Cc1cc(CNc2cc(CNCCC(=O)O)c(Cl)cn2)ccc1Cl. The first-order chi connectivity index (χ1) is 11.5. The molecule has 5 nitrogen and oxygen atoms in total. The molecule has 0 aliphatic carbocycles. The van der Waals surface area contributed by atoms with Gasteiger partial charge in [0.2, 0.25) is 0 Å². The van der Waals surface area contributed by atoms with Crippen molar-refractivity contribution in [2.24, 2.45) is 0 Å². The molecule has 24 heavy (non-hydrogen) atoms. The van der Waals surface area contributed by atoms with Crippen LogP contribution in [0.5, 0.6) is 0 Å². The number of carboxylic acids is 1. The summed E-state index contributed by atoms with van der Waals surface area (Å²) >= 11 is 12.2. The Kier molecular flexibility index (Phi) is 6.85. The van der Waals surface area contributed by atoms with E-state index in [9.17, 15) is 4.79 Å². The number of aromatic nitrogens is 1. The van der Waals surface area contributed by atoms with Crippen LogP contribution >= 0.6 is 23.2 Å². The second kappa shape index (κ2) is 8.87. The van der Waals surface area contributed by atoms with E-state index in [0.717, 1.165) is 21.7 Å². The Morgan fingerprint density at radius 1 is 1.21 bits per heavy atom. The van der Waals surface area contributed by atoms with Crippen molar-refractivity contribution < 1.29 is 9.90 Å². The number of aliphatic carboxylic acids is 1. The predicted molar refractivity (Wildman–Crippen MR) is 96.7 cm³/mol. The molecule has 0 spiro atoms. The van der Waals surface area contributed by atoms with Gasteiger partial charge < -0.3 is 15.7 Å². The van der Waals surface area contributed by atoms with Gasteiger partial charge in [-0.25, -0.2) is 4.98 Å². The number of carboxylic acid groups (broad SMARTS) is 1. The van der Waals surface area contributed by atoms with Crippen molar-refractivity contribution in [3.63, 3.8) is 0 Å². The van der Waals surface area contributed by atoms with Crippen molar-refractivity contribution in [2.45, 2.75) is 26.4 Å². The molecular formula is C17H19Cl2N3O2. The van der Waals surface area contributed by atoms with Crippen LogP contribution in [0, 0.1) is 6.92 Å². The monoisotopic (exact) mass is 367 g/mol. The third-order valence-corrected chi connectivity index (χ3v) is 4.23. The molecular weight excluding hydrogens is 349 g/mol. The van der Waals surface area contributed by atoms with Gasteiger partial charge in [0.1, 0.15) is 5.82 Å². The van der Waals surface area contributed by atoms with E-state index in [1.54, 1.807) is 6.20 Å². The Hall–Kier alpha value is -1.82. The second-order valence-corrected chi connectivity index (χ2v) is 6.23. The number of halogens is 2. The molecule has 0 radical (unpaired) electrons. The fourth-order valence-corrected chi connectivity index (χ4v) is 2.43. The fourth-order valence-electron chi connectivity index (χ4n) is 2.14. The first-order valence-electron chi connectivity index (χ1n) is 7.51. The van der Waals surface area contributed by atoms with Crippen LogP contribution < -0.4 is 10.6 Å². The third-order valence-electron chi connectivity index (χ3n) is 3.46. The number of nitrogens with zero attached hydrogens (tertiary/aromatic N) is 1. The molecule has 0 saturated heterocycles. The number of benzene rings is 1. The van der Waals surface area contributed by atoms with E-state index < -0.39 is 5.97 Å². The fraction of sp³-hybridized carbons (Fsp3) is 0.294. The number of aryl methyl sites for hydroxylation is 1. The average Bonchev–Trinajstić information content (AvgIpc) is 2.54. The molecule has 0 bridgehead atoms. The van der Waals surface area contributed by atoms with Crippen molar-refractivity contribution in [2.75, 3.05) is 11.9 Å². The van der Waals surface area contributed by atoms with E-state index in [2.05, 4.69) is 15.6 Å². The maximum Gasteiger partial charge on any atom is 0.304 e. The molecule has 2 rings (SSSR count). The van der Waals surface area contributed by atoms with Gasteiger partial charge in [0.15, 0.2) is 0 Å². The van der Waals surface area contributed by atoms with Crippen molar-refractivity contribution >= 4 is 35.0 Å². The number of anilines is 1. The summed E-state index contributed by atoms with van der Waals surface area (Å²) in [5.41, 5.74) is 3.00. The van der Waals surface area contributed by atoms with Crippen molar-refractivity contribution in [1.82, 2.24) is 10.3 Å². The lowest BCUT2D eigenvalue weighted by atomic mass is 10.1. The summed E-state index contributed by atoms with van der Waals surface area (Å²) in [7, 11) is 0. The highest BCUT2D eigenvalue weighted by atomic mass is 35.5. The zero-order valence-electron chi connectivity index (χ0n) is 13.3. The minimum atomic E-state index is -0.830. The van der Waals surface area contributed by atoms with Crippen LogP contribution in [-0.2, 0) is 17.9 Å². The lowest BCUT2D eigenvalue weighted by Gasteiger charge is -2.10. The van der Waals surface area contributed by atoms with E-state index in [0.29, 0.717) is 30.5 Å². The minimum absolute atomic E-state index is 0.0731. The molecule has 0 atom stereocenters. The van der Waals surface area contributed by atoms with Gasteiger partial charge in [-0.1, -0.05) is 35.3 Å². The van der Waals surface area contributed by atoms with Crippen LogP contribution in [0.25, 0.3) is 0 Å². The van der Waals surface area contributed by atoms with Gasteiger partial charge in [-0.2, -0.15) is 0 Å². The summed E-state index contributed by atoms with van der Waals surface area (Å²) in [6.07, 6.45) is 1.66. The Morgan fingerprint density at radius 2 is 2.00 bits per heavy atom. The summed E-state index contributed by atoms with van der Waals surface area (Å²) in [5.74, 6) is -0.119. The van der Waals surface area contributed by atoms with Gasteiger partial charge in [-0.05, 0) is 35.7 Å². The zero-order chi connectivity index (χ0) is 17.5. The van der Waals surface area contributed by atoms with E-state index >= 15 is 0 Å². The standard InChI is InChI=1S/C17H19Cl2N3O2/c1-11-6-12(2-3-14(11)18)8-21-16-7-13(15(19)10-22-16)9-20-5-4-17(23)24/h2-3,6-7,10,20H,4-5,8-9H2,1H3,(H,21,22)(H,23,24). The smallest absolute Gasteiger partial charge is 0.304 e. The number of rotatable bonds is 8. The van der Waals surface area contributed by atoms with Gasteiger partial charge in [-0.15, -0.1) is 0 Å². The van der Waals surface area contributed by atoms with Crippen LogP contribution in [0.2, 0.25) is 10.0 Å². The van der Waals surface area contributed by atoms with Crippen molar-refractivity contribution in [3.05, 3.63) is 57.2 Å². The molecule has 1 aromatic carbocycles. The first-order valence-corrected chi connectivity index (χ1v) is 8.27. The van der Waals surface area contributed by atoms with E-state index in [-0.39, 0.29) is 6.42 Å². The van der Waals surface area contributed by atoms with Crippen molar-refractivity contribution in [3.8, 4) is 0 Å². The van der Waals surface area contributed by atoms with Gasteiger partial charge >= 0.3 is 5.97 Å². The highest BCUT2D eigenvalue weighted by Crippen LogP contribution is 2.20. The molecule has 0 aliphatic heterocycles. The quantitative estimate of drug-likeness (QED) is 0.617. The molecule has 7 heteroatoms. The Balaban J connectivity index is 1.94. The molecule has 0 saturated carbocycles. The largest absolute Gasteiger partial charge is 0.481 e. The number of carbonyl (C=O) groups is 1.